The standard InChI is InChI=1S/C15H18BrN3S/c1-10-11(2)18-15(19-12(10)3)20-8-7-17-14-6-4-5-13(16)9-14/h4-6,9,17H,7-8H2,1-3H3. The number of rotatable bonds is 5. The van der Waals surface area contributed by atoms with Gasteiger partial charge in [-0.1, -0.05) is 33.8 Å². The van der Waals surface area contributed by atoms with Gasteiger partial charge in [-0.2, -0.15) is 0 Å². The molecule has 0 fully saturated rings. The molecule has 1 aromatic heterocycles. The van der Waals surface area contributed by atoms with Gasteiger partial charge in [-0.25, -0.2) is 9.97 Å². The molecule has 0 spiro atoms. The molecule has 0 radical (unpaired) electrons. The number of hydrogen-bond acceptors (Lipinski definition) is 4. The van der Waals surface area contributed by atoms with E-state index < -0.39 is 0 Å². The minimum atomic E-state index is 0.863. The highest BCUT2D eigenvalue weighted by atomic mass is 79.9. The van der Waals surface area contributed by atoms with Gasteiger partial charge in [0.1, 0.15) is 0 Å². The second-order valence-corrected chi connectivity index (χ2v) is 6.57. The molecule has 0 aliphatic heterocycles. The van der Waals surface area contributed by atoms with Gasteiger partial charge in [0.2, 0.25) is 0 Å². The minimum Gasteiger partial charge on any atom is -0.384 e. The van der Waals surface area contributed by atoms with Crippen LogP contribution in [0.25, 0.3) is 0 Å². The molecule has 1 aromatic carbocycles. The number of anilines is 1. The van der Waals surface area contributed by atoms with Gasteiger partial charge in [0.05, 0.1) is 0 Å². The molecule has 0 saturated carbocycles. The number of nitrogens with zero attached hydrogens (tertiary/aromatic N) is 2. The number of benzene rings is 1. The van der Waals surface area contributed by atoms with E-state index in [1.54, 1.807) is 11.8 Å². The summed E-state index contributed by atoms with van der Waals surface area (Å²) in [4.78, 5) is 9.02. The average Bonchev–Trinajstić information content (AvgIpc) is 2.41. The van der Waals surface area contributed by atoms with E-state index in [1.165, 1.54) is 5.56 Å². The summed E-state index contributed by atoms with van der Waals surface area (Å²) in [6.45, 7) is 7.02. The minimum absolute atomic E-state index is 0.863. The first-order valence-electron chi connectivity index (χ1n) is 6.50. The van der Waals surface area contributed by atoms with Crippen LogP contribution in [0.4, 0.5) is 5.69 Å². The Morgan fingerprint density at radius 2 is 1.85 bits per heavy atom. The van der Waals surface area contributed by atoms with Crippen LogP contribution in [0.15, 0.2) is 33.9 Å². The number of aromatic nitrogens is 2. The van der Waals surface area contributed by atoms with Crippen LogP contribution < -0.4 is 5.32 Å². The summed E-state index contributed by atoms with van der Waals surface area (Å²) in [7, 11) is 0. The van der Waals surface area contributed by atoms with Crippen LogP contribution in [-0.2, 0) is 0 Å². The van der Waals surface area contributed by atoms with E-state index >= 15 is 0 Å². The molecule has 1 heterocycles. The molecular formula is C15H18BrN3S. The van der Waals surface area contributed by atoms with Gasteiger partial charge in [-0.15, -0.1) is 0 Å². The molecule has 0 unspecified atom stereocenters. The fourth-order valence-corrected chi connectivity index (χ4v) is 2.93. The van der Waals surface area contributed by atoms with Crippen molar-refractivity contribution in [1.29, 1.82) is 0 Å². The Kier molecular flexibility index (Phi) is 5.43. The van der Waals surface area contributed by atoms with E-state index in [-0.39, 0.29) is 0 Å². The van der Waals surface area contributed by atoms with E-state index in [9.17, 15) is 0 Å². The maximum Gasteiger partial charge on any atom is 0.188 e. The highest BCUT2D eigenvalue weighted by Crippen LogP contribution is 2.18. The Labute approximate surface area is 132 Å². The second kappa shape index (κ2) is 7.09. The van der Waals surface area contributed by atoms with Gasteiger partial charge >= 0.3 is 0 Å². The maximum absolute atomic E-state index is 4.51. The van der Waals surface area contributed by atoms with Crippen molar-refractivity contribution in [2.75, 3.05) is 17.6 Å². The van der Waals surface area contributed by atoms with Crippen LogP contribution in [0.1, 0.15) is 17.0 Å². The third-order valence-corrected chi connectivity index (χ3v) is 4.44. The van der Waals surface area contributed by atoms with E-state index in [1.807, 2.05) is 26.0 Å². The number of hydrogen-bond donors (Lipinski definition) is 1. The number of halogens is 1. The molecule has 0 amide bonds. The Bertz CT molecular complexity index is 578. The van der Waals surface area contributed by atoms with Crippen molar-refractivity contribution in [2.24, 2.45) is 0 Å². The lowest BCUT2D eigenvalue weighted by Crippen LogP contribution is -2.05. The van der Waals surface area contributed by atoms with E-state index in [4.69, 9.17) is 0 Å². The van der Waals surface area contributed by atoms with E-state index in [0.717, 1.165) is 39.0 Å². The smallest absolute Gasteiger partial charge is 0.188 e. The highest BCUT2D eigenvalue weighted by Gasteiger charge is 2.04. The summed E-state index contributed by atoms with van der Waals surface area (Å²) in [5, 5.41) is 4.25. The molecule has 5 heteroatoms. The zero-order valence-electron chi connectivity index (χ0n) is 11.9. The first kappa shape index (κ1) is 15.3. The van der Waals surface area contributed by atoms with Crippen molar-refractivity contribution in [2.45, 2.75) is 25.9 Å². The van der Waals surface area contributed by atoms with Crippen LogP contribution in [0.3, 0.4) is 0 Å². The third kappa shape index (κ3) is 4.21. The number of nitrogens with one attached hydrogen (secondary N) is 1. The SMILES string of the molecule is Cc1nc(SCCNc2cccc(Br)c2)nc(C)c1C. The lowest BCUT2D eigenvalue weighted by molar-refractivity contribution is 0.880. The Morgan fingerprint density at radius 3 is 2.50 bits per heavy atom. The number of aryl methyl sites for hydroxylation is 2. The van der Waals surface area contributed by atoms with Crippen molar-refractivity contribution in [3.8, 4) is 0 Å². The van der Waals surface area contributed by atoms with E-state index in [0.29, 0.717) is 0 Å². The molecule has 106 valence electrons. The van der Waals surface area contributed by atoms with E-state index in [2.05, 4.69) is 50.3 Å². The van der Waals surface area contributed by atoms with Crippen LogP contribution in [-0.4, -0.2) is 22.3 Å². The summed E-state index contributed by atoms with van der Waals surface area (Å²) in [6, 6.07) is 8.18. The summed E-state index contributed by atoms with van der Waals surface area (Å²) in [5.41, 5.74) is 4.44. The lowest BCUT2D eigenvalue weighted by Gasteiger charge is -2.08. The lowest BCUT2D eigenvalue weighted by atomic mass is 10.2. The normalized spacial score (nSPS) is 10.6. The van der Waals surface area contributed by atoms with Gasteiger partial charge in [0.15, 0.2) is 5.16 Å². The summed E-state index contributed by atoms with van der Waals surface area (Å²) < 4.78 is 1.09. The molecule has 2 rings (SSSR count). The van der Waals surface area contributed by atoms with Crippen molar-refractivity contribution < 1.29 is 0 Å². The summed E-state index contributed by atoms with van der Waals surface area (Å²) >= 11 is 5.15. The van der Waals surface area contributed by atoms with Gasteiger partial charge < -0.3 is 5.32 Å². The molecule has 0 bridgehead atoms. The summed E-state index contributed by atoms with van der Waals surface area (Å²) in [6.07, 6.45) is 0. The van der Waals surface area contributed by atoms with Crippen molar-refractivity contribution >= 4 is 33.4 Å². The molecular weight excluding hydrogens is 334 g/mol. The van der Waals surface area contributed by atoms with Crippen LogP contribution >= 0.6 is 27.7 Å². The second-order valence-electron chi connectivity index (χ2n) is 4.59. The van der Waals surface area contributed by atoms with Crippen molar-refractivity contribution in [3.05, 3.63) is 45.7 Å². The molecule has 0 atom stereocenters. The van der Waals surface area contributed by atoms with Crippen LogP contribution in [0, 0.1) is 20.8 Å². The Hall–Kier alpha value is -1.07. The van der Waals surface area contributed by atoms with Crippen LogP contribution in [0.2, 0.25) is 0 Å². The fraction of sp³-hybridized carbons (Fsp3) is 0.333. The van der Waals surface area contributed by atoms with Gasteiger partial charge in [0.25, 0.3) is 0 Å². The van der Waals surface area contributed by atoms with Gasteiger partial charge in [-0.3, -0.25) is 0 Å². The van der Waals surface area contributed by atoms with Gasteiger partial charge in [-0.05, 0) is 44.5 Å². The third-order valence-electron chi connectivity index (χ3n) is 3.10. The quantitative estimate of drug-likeness (QED) is 0.493. The average molecular weight is 352 g/mol. The molecule has 0 saturated heterocycles. The fourth-order valence-electron chi connectivity index (χ4n) is 1.74. The van der Waals surface area contributed by atoms with Crippen LogP contribution in [0.5, 0.6) is 0 Å². The summed E-state index contributed by atoms with van der Waals surface area (Å²) in [5.74, 6) is 0.939. The topological polar surface area (TPSA) is 37.8 Å². The van der Waals surface area contributed by atoms with Crippen molar-refractivity contribution in [1.82, 2.24) is 9.97 Å². The molecule has 1 N–H and O–H groups in total. The largest absolute Gasteiger partial charge is 0.384 e. The first-order valence-corrected chi connectivity index (χ1v) is 8.28. The predicted molar refractivity (Wildman–Crippen MR) is 89.6 cm³/mol. The zero-order valence-corrected chi connectivity index (χ0v) is 14.3. The first-order chi connectivity index (χ1) is 9.56. The molecule has 0 aliphatic carbocycles. The monoisotopic (exact) mass is 351 g/mol. The molecule has 3 nitrogen and oxygen atoms in total. The van der Waals surface area contributed by atoms with Crippen molar-refractivity contribution in [3.63, 3.8) is 0 Å². The predicted octanol–water partition coefficient (Wildman–Crippen LogP) is 4.37. The maximum atomic E-state index is 4.51. The highest BCUT2D eigenvalue weighted by molar-refractivity contribution is 9.10. The number of thioether (sulfide) groups is 1. The molecule has 0 aliphatic rings. The van der Waals surface area contributed by atoms with Gasteiger partial charge in [0, 0.05) is 33.8 Å². The molecule has 20 heavy (non-hydrogen) atoms. The zero-order chi connectivity index (χ0) is 14.5. The Morgan fingerprint density at radius 1 is 1.15 bits per heavy atom. The molecule has 2 aromatic rings. The Balaban J connectivity index is 1.84.